The number of anilines is 1. The summed E-state index contributed by atoms with van der Waals surface area (Å²) >= 11 is 0. The Kier molecular flexibility index (Phi) is 6.86. The Balaban J connectivity index is 1.30. The van der Waals surface area contributed by atoms with E-state index in [0.717, 1.165) is 38.5 Å². The molecule has 1 saturated carbocycles. The zero-order valence-corrected chi connectivity index (χ0v) is 22.4. The fourth-order valence-corrected chi connectivity index (χ4v) is 6.49. The van der Waals surface area contributed by atoms with Crippen molar-refractivity contribution < 1.29 is 19.1 Å². The van der Waals surface area contributed by atoms with E-state index in [2.05, 4.69) is 34.3 Å². The van der Waals surface area contributed by atoms with Crippen molar-refractivity contribution in [2.24, 2.45) is 5.73 Å². The Morgan fingerprint density at radius 1 is 1.00 bits per heavy atom. The number of carbonyl (C=O) groups excluding carboxylic acids is 2. The van der Waals surface area contributed by atoms with Crippen molar-refractivity contribution in [1.29, 1.82) is 0 Å². The van der Waals surface area contributed by atoms with Crippen LogP contribution in [0.2, 0.25) is 0 Å². The number of rotatable bonds is 7. The summed E-state index contributed by atoms with van der Waals surface area (Å²) in [6.07, 6.45) is 5.37. The molecule has 0 bridgehead atoms. The molecule has 2 fully saturated rings. The minimum atomic E-state index is -0.633. The molecule has 1 aromatic heterocycles. The molecule has 6 rings (SSSR count). The van der Waals surface area contributed by atoms with Crippen molar-refractivity contribution >= 4 is 17.5 Å². The van der Waals surface area contributed by atoms with Gasteiger partial charge in [0, 0.05) is 42.8 Å². The zero-order chi connectivity index (χ0) is 27.0. The highest BCUT2D eigenvalue weighted by molar-refractivity contribution is 6.09. The lowest BCUT2D eigenvalue weighted by molar-refractivity contribution is 0.0270. The molecule has 0 unspecified atom stereocenters. The average molecular weight is 530 g/mol. The molecule has 0 spiro atoms. The third kappa shape index (κ3) is 4.70. The van der Waals surface area contributed by atoms with Crippen LogP contribution in [0.4, 0.5) is 5.69 Å². The lowest BCUT2D eigenvalue weighted by Crippen LogP contribution is -2.45. The molecule has 39 heavy (non-hydrogen) atoms. The number of morpholine rings is 1. The van der Waals surface area contributed by atoms with Crippen LogP contribution in [0, 0.1) is 0 Å². The Hall–Kier alpha value is -3.69. The maximum Gasteiger partial charge on any atom is 0.277 e. The number of aromatic nitrogens is 2. The molecular formula is C30H35N5O4. The molecule has 3 aliphatic rings. The Morgan fingerprint density at radius 2 is 1.67 bits per heavy atom. The molecule has 1 saturated heterocycles. The highest BCUT2D eigenvalue weighted by atomic mass is 16.5. The number of benzene rings is 2. The number of nitrogens with two attached hydrogens (primary N) is 1. The highest BCUT2D eigenvalue weighted by Crippen LogP contribution is 2.42. The lowest BCUT2D eigenvalue weighted by atomic mass is 9.78. The summed E-state index contributed by atoms with van der Waals surface area (Å²) in [4.78, 5) is 30.4. The molecule has 0 atom stereocenters. The Morgan fingerprint density at radius 3 is 2.31 bits per heavy atom. The first-order valence-corrected chi connectivity index (χ1v) is 13.8. The van der Waals surface area contributed by atoms with E-state index >= 15 is 0 Å². The second kappa shape index (κ2) is 10.5. The van der Waals surface area contributed by atoms with Gasteiger partial charge in [-0.25, -0.2) is 4.68 Å². The zero-order valence-electron chi connectivity index (χ0n) is 22.4. The van der Waals surface area contributed by atoms with Crippen LogP contribution in [-0.2, 0) is 16.6 Å². The van der Waals surface area contributed by atoms with Gasteiger partial charge in [-0.3, -0.25) is 14.5 Å². The predicted molar refractivity (Wildman–Crippen MR) is 148 cm³/mol. The molecule has 9 heteroatoms. The van der Waals surface area contributed by atoms with Gasteiger partial charge in [-0.15, -0.1) is 0 Å². The van der Waals surface area contributed by atoms with Gasteiger partial charge < -0.3 is 20.1 Å². The standard InChI is InChI=1S/C30H35N5O4/c1-38-24-10-8-23(9-11-24)35-27-25(26(32-35)28(31)36)12-15-34(29(27)37)22-6-4-21(5-7-22)30(13-2-3-14-30)20-33-16-18-39-19-17-33/h4-11H,2-3,12-20H2,1H3,(H2,31,36). The first kappa shape index (κ1) is 25.6. The predicted octanol–water partition coefficient (Wildman–Crippen LogP) is 3.33. The number of hydrogen-bond donors (Lipinski definition) is 1. The van der Waals surface area contributed by atoms with Gasteiger partial charge >= 0.3 is 0 Å². The van der Waals surface area contributed by atoms with Gasteiger partial charge in [0.15, 0.2) is 5.69 Å². The number of methoxy groups -OCH3 is 1. The van der Waals surface area contributed by atoms with E-state index in [1.165, 1.54) is 35.9 Å². The first-order valence-electron chi connectivity index (χ1n) is 13.8. The van der Waals surface area contributed by atoms with E-state index in [1.807, 2.05) is 12.1 Å². The molecule has 9 nitrogen and oxygen atoms in total. The maximum absolute atomic E-state index is 13.9. The number of fused-ring (bicyclic) bond motifs is 1. The van der Waals surface area contributed by atoms with E-state index in [1.54, 1.807) is 24.1 Å². The van der Waals surface area contributed by atoms with Crippen LogP contribution in [0.15, 0.2) is 48.5 Å². The first-order chi connectivity index (χ1) is 19.0. The van der Waals surface area contributed by atoms with E-state index < -0.39 is 5.91 Å². The van der Waals surface area contributed by atoms with Crippen LogP contribution in [0.3, 0.4) is 0 Å². The lowest BCUT2D eigenvalue weighted by Gasteiger charge is -2.38. The van der Waals surface area contributed by atoms with Crippen LogP contribution < -0.4 is 15.4 Å². The molecule has 204 valence electrons. The van der Waals surface area contributed by atoms with Gasteiger partial charge in [-0.1, -0.05) is 25.0 Å². The molecule has 0 radical (unpaired) electrons. The summed E-state index contributed by atoms with van der Waals surface area (Å²) in [5, 5.41) is 4.47. The molecule has 2 N–H and O–H groups in total. The molecule has 3 heterocycles. The van der Waals surface area contributed by atoms with Crippen LogP contribution in [0.5, 0.6) is 5.75 Å². The second-order valence-corrected chi connectivity index (χ2v) is 10.8. The van der Waals surface area contributed by atoms with Crippen molar-refractivity contribution in [3.05, 3.63) is 71.0 Å². The van der Waals surface area contributed by atoms with E-state index in [-0.39, 0.29) is 17.0 Å². The van der Waals surface area contributed by atoms with Gasteiger partial charge in [-0.2, -0.15) is 5.10 Å². The van der Waals surface area contributed by atoms with Gasteiger partial charge in [0.25, 0.3) is 11.8 Å². The maximum atomic E-state index is 13.9. The molecule has 2 aromatic carbocycles. The summed E-state index contributed by atoms with van der Waals surface area (Å²) in [6.45, 7) is 5.09. The van der Waals surface area contributed by atoms with Gasteiger partial charge in [0.1, 0.15) is 11.4 Å². The number of hydrogen-bond acceptors (Lipinski definition) is 6. The van der Waals surface area contributed by atoms with Crippen LogP contribution >= 0.6 is 0 Å². The van der Waals surface area contributed by atoms with Crippen LogP contribution in [0.1, 0.15) is 57.8 Å². The molecule has 1 aliphatic carbocycles. The topological polar surface area (TPSA) is 103 Å². The summed E-state index contributed by atoms with van der Waals surface area (Å²) < 4.78 is 12.4. The third-order valence-corrected chi connectivity index (χ3v) is 8.55. The van der Waals surface area contributed by atoms with E-state index in [4.69, 9.17) is 15.2 Å². The van der Waals surface area contributed by atoms with Crippen molar-refractivity contribution in [3.8, 4) is 11.4 Å². The Bertz CT molecular complexity index is 1350. The minimum absolute atomic E-state index is 0.149. The number of nitrogens with zero attached hydrogens (tertiary/aromatic N) is 4. The number of primary amides is 1. The Labute approximate surface area is 228 Å². The number of carbonyl (C=O) groups is 2. The summed E-state index contributed by atoms with van der Waals surface area (Å²) in [5.74, 6) is -0.133. The minimum Gasteiger partial charge on any atom is -0.497 e. The van der Waals surface area contributed by atoms with Gasteiger partial charge in [-0.05, 0) is 61.2 Å². The quantitative estimate of drug-likeness (QED) is 0.504. The molecule has 2 amide bonds. The second-order valence-electron chi connectivity index (χ2n) is 10.8. The number of amides is 2. The molecule has 3 aromatic rings. The summed E-state index contributed by atoms with van der Waals surface area (Å²) in [7, 11) is 1.60. The highest BCUT2D eigenvalue weighted by Gasteiger charge is 2.38. The molecular weight excluding hydrogens is 494 g/mol. The largest absolute Gasteiger partial charge is 0.497 e. The van der Waals surface area contributed by atoms with Gasteiger partial charge in [0.2, 0.25) is 0 Å². The van der Waals surface area contributed by atoms with E-state index in [9.17, 15) is 9.59 Å². The fourth-order valence-electron chi connectivity index (χ4n) is 6.49. The van der Waals surface area contributed by atoms with Crippen molar-refractivity contribution in [1.82, 2.24) is 14.7 Å². The van der Waals surface area contributed by atoms with E-state index in [0.29, 0.717) is 35.7 Å². The van der Waals surface area contributed by atoms with Crippen molar-refractivity contribution in [2.75, 3.05) is 51.4 Å². The smallest absolute Gasteiger partial charge is 0.277 e. The fraction of sp³-hybridized carbons (Fsp3) is 0.433. The van der Waals surface area contributed by atoms with Crippen LogP contribution in [0.25, 0.3) is 5.69 Å². The average Bonchev–Trinajstić information content (AvgIpc) is 3.60. The number of ether oxygens (including phenoxy) is 2. The van der Waals surface area contributed by atoms with Crippen molar-refractivity contribution in [2.45, 2.75) is 37.5 Å². The summed E-state index contributed by atoms with van der Waals surface area (Å²) in [6, 6.07) is 15.8. The molecule has 2 aliphatic heterocycles. The van der Waals surface area contributed by atoms with Crippen LogP contribution in [-0.4, -0.2) is 73.0 Å². The van der Waals surface area contributed by atoms with Gasteiger partial charge in [0.05, 0.1) is 26.0 Å². The third-order valence-electron chi connectivity index (χ3n) is 8.55. The SMILES string of the molecule is COc1ccc(-n2nc(C(N)=O)c3c2C(=O)N(c2ccc(C4(CN5CCOCC5)CCCC4)cc2)CC3)cc1. The normalized spacial score (nSPS) is 19.2. The summed E-state index contributed by atoms with van der Waals surface area (Å²) in [5.41, 5.74) is 9.79. The monoisotopic (exact) mass is 529 g/mol. The van der Waals surface area contributed by atoms with Crippen molar-refractivity contribution in [3.63, 3.8) is 0 Å².